The van der Waals surface area contributed by atoms with Crippen molar-refractivity contribution in [2.24, 2.45) is 0 Å². The number of anilines is 1. The second-order valence-electron chi connectivity index (χ2n) is 11.0. The number of carbonyl (C=O) groups is 2. The molecule has 236 valence electrons. The van der Waals surface area contributed by atoms with E-state index in [1.165, 1.54) is 35.2 Å². The van der Waals surface area contributed by atoms with E-state index in [2.05, 4.69) is 5.32 Å². The van der Waals surface area contributed by atoms with E-state index < -0.39 is 52.0 Å². The molecule has 0 heterocycles. The molecule has 0 bridgehead atoms. The van der Waals surface area contributed by atoms with Crippen molar-refractivity contribution in [3.8, 4) is 0 Å². The molecule has 1 fully saturated rings. The molecule has 1 atom stereocenters. The maximum Gasteiger partial charge on any atom is 0.416 e. The third kappa shape index (κ3) is 9.04. The number of nitrogens with zero attached hydrogens (tertiary/aromatic N) is 2. The van der Waals surface area contributed by atoms with Crippen LogP contribution < -0.4 is 9.62 Å². The van der Waals surface area contributed by atoms with Crippen LogP contribution >= 0.6 is 0 Å². The van der Waals surface area contributed by atoms with Crippen LogP contribution in [0.3, 0.4) is 0 Å². The third-order valence-electron chi connectivity index (χ3n) is 7.63. The van der Waals surface area contributed by atoms with E-state index in [0.29, 0.717) is 15.9 Å². The Labute approximate surface area is 254 Å². The predicted molar refractivity (Wildman–Crippen MR) is 160 cm³/mol. The van der Waals surface area contributed by atoms with Crippen molar-refractivity contribution < 1.29 is 35.6 Å². The summed E-state index contributed by atoms with van der Waals surface area (Å²) >= 11 is 0. The number of halogens is 4. The zero-order valence-electron chi connectivity index (χ0n) is 24.3. The normalized spacial score (nSPS) is 14.9. The van der Waals surface area contributed by atoms with Crippen molar-refractivity contribution in [1.29, 1.82) is 0 Å². The van der Waals surface area contributed by atoms with E-state index >= 15 is 0 Å². The molecule has 3 aromatic rings. The molecule has 7 nitrogen and oxygen atoms in total. The zero-order valence-corrected chi connectivity index (χ0v) is 25.1. The fourth-order valence-electron chi connectivity index (χ4n) is 5.34. The van der Waals surface area contributed by atoms with Gasteiger partial charge < -0.3 is 10.2 Å². The topological polar surface area (TPSA) is 86.8 Å². The largest absolute Gasteiger partial charge is 0.416 e. The fraction of sp³-hybridized carbons (Fsp3) is 0.375. The quantitative estimate of drug-likeness (QED) is 0.275. The average molecular weight is 634 g/mol. The molecule has 1 N–H and O–H groups in total. The molecule has 1 aliphatic carbocycles. The molecule has 0 radical (unpaired) electrons. The Kier molecular flexibility index (Phi) is 10.7. The summed E-state index contributed by atoms with van der Waals surface area (Å²) in [7, 11) is -4.25. The summed E-state index contributed by atoms with van der Waals surface area (Å²) in [4.78, 5) is 29.2. The van der Waals surface area contributed by atoms with Crippen LogP contribution in [0.2, 0.25) is 0 Å². The van der Waals surface area contributed by atoms with E-state index in [1.807, 2.05) is 0 Å². The summed E-state index contributed by atoms with van der Waals surface area (Å²) in [6.45, 7) is -1.03. The summed E-state index contributed by atoms with van der Waals surface area (Å²) < 4.78 is 80.4. The number of amides is 2. The van der Waals surface area contributed by atoms with Gasteiger partial charge in [0.2, 0.25) is 21.8 Å². The van der Waals surface area contributed by atoms with Crippen LogP contribution in [0.25, 0.3) is 0 Å². The Morgan fingerprint density at radius 3 is 2.18 bits per heavy atom. The molecule has 0 saturated heterocycles. The van der Waals surface area contributed by atoms with Gasteiger partial charge >= 0.3 is 6.18 Å². The van der Waals surface area contributed by atoms with Crippen molar-refractivity contribution in [3.63, 3.8) is 0 Å². The first-order valence-electron chi connectivity index (χ1n) is 14.3. The lowest BCUT2D eigenvalue weighted by Gasteiger charge is -2.35. The van der Waals surface area contributed by atoms with Crippen LogP contribution in [-0.4, -0.2) is 50.0 Å². The van der Waals surface area contributed by atoms with Gasteiger partial charge in [-0.1, -0.05) is 67.8 Å². The molecular formula is C32H35F4N3O4S. The highest BCUT2D eigenvalue weighted by molar-refractivity contribution is 7.92. The maximum absolute atomic E-state index is 14.1. The third-order valence-corrected chi connectivity index (χ3v) is 8.77. The molecular weight excluding hydrogens is 598 g/mol. The molecule has 0 unspecified atom stereocenters. The van der Waals surface area contributed by atoms with Gasteiger partial charge in [-0.05, 0) is 54.3 Å². The summed E-state index contributed by atoms with van der Waals surface area (Å²) in [5, 5.41) is 3.06. The van der Waals surface area contributed by atoms with Gasteiger partial charge in [0, 0.05) is 19.0 Å². The smallest absolute Gasteiger partial charge is 0.352 e. The van der Waals surface area contributed by atoms with Crippen LogP contribution in [0.5, 0.6) is 0 Å². The highest BCUT2D eigenvalue weighted by Crippen LogP contribution is 2.32. The number of hydrogen-bond acceptors (Lipinski definition) is 4. The first kappa shape index (κ1) is 33.0. The van der Waals surface area contributed by atoms with Gasteiger partial charge in [0.1, 0.15) is 18.4 Å². The van der Waals surface area contributed by atoms with Crippen molar-refractivity contribution in [2.75, 3.05) is 17.1 Å². The van der Waals surface area contributed by atoms with Gasteiger partial charge in [0.05, 0.1) is 17.5 Å². The highest BCUT2D eigenvalue weighted by atomic mass is 32.2. The lowest BCUT2D eigenvalue weighted by Crippen LogP contribution is -2.55. The van der Waals surface area contributed by atoms with E-state index in [0.717, 1.165) is 56.1 Å². The monoisotopic (exact) mass is 633 g/mol. The van der Waals surface area contributed by atoms with Gasteiger partial charge in [0.25, 0.3) is 0 Å². The number of carbonyl (C=O) groups excluding carboxylic acids is 2. The van der Waals surface area contributed by atoms with E-state index in [4.69, 9.17) is 0 Å². The van der Waals surface area contributed by atoms with Crippen molar-refractivity contribution in [3.05, 3.63) is 101 Å². The number of benzene rings is 3. The minimum absolute atomic E-state index is 0.0880. The molecule has 0 aromatic heterocycles. The fourth-order valence-corrected chi connectivity index (χ4v) is 6.18. The molecule has 44 heavy (non-hydrogen) atoms. The van der Waals surface area contributed by atoms with Gasteiger partial charge in [0.15, 0.2) is 0 Å². The second kappa shape index (κ2) is 14.2. The summed E-state index contributed by atoms with van der Waals surface area (Å²) in [6, 6.07) is 16.8. The molecule has 0 spiro atoms. The maximum atomic E-state index is 14.1. The summed E-state index contributed by atoms with van der Waals surface area (Å²) in [6.07, 6.45) is 0.679. The second-order valence-corrected chi connectivity index (χ2v) is 12.9. The molecule has 3 aromatic carbocycles. The molecule has 0 aliphatic heterocycles. The molecule has 2 amide bonds. The van der Waals surface area contributed by atoms with Crippen LogP contribution in [0.1, 0.15) is 48.8 Å². The van der Waals surface area contributed by atoms with Crippen LogP contribution in [0.4, 0.5) is 23.2 Å². The predicted octanol–water partition coefficient (Wildman–Crippen LogP) is 5.70. The van der Waals surface area contributed by atoms with Crippen LogP contribution in [0.15, 0.2) is 78.9 Å². The lowest BCUT2D eigenvalue weighted by atomic mass is 9.94. The van der Waals surface area contributed by atoms with Crippen molar-refractivity contribution in [1.82, 2.24) is 10.2 Å². The summed E-state index contributed by atoms with van der Waals surface area (Å²) in [5.74, 6) is -1.74. The van der Waals surface area contributed by atoms with Crippen molar-refractivity contribution >= 4 is 27.5 Å². The van der Waals surface area contributed by atoms with E-state index in [-0.39, 0.29) is 24.7 Å². The Bertz CT molecular complexity index is 1530. The average Bonchev–Trinajstić information content (AvgIpc) is 2.98. The minimum Gasteiger partial charge on any atom is -0.352 e. The Morgan fingerprint density at radius 1 is 0.909 bits per heavy atom. The van der Waals surface area contributed by atoms with Gasteiger partial charge in [-0.25, -0.2) is 12.8 Å². The lowest BCUT2D eigenvalue weighted by molar-refractivity contribution is -0.140. The van der Waals surface area contributed by atoms with E-state index in [1.54, 1.807) is 30.3 Å². The Morgan fingerprint density at radius 2 is 1.57 bits per heavy atom. The SMILES string of the molecule is CS(=O)(=O)N(CC(=O)N(Cc1ccc(F)cc1)[C@H](Cc1ccccc1)C(=O)NC1CCCCC1)c1cccc(C(F)(F)F)c1. The zero-order chi connectivity index (χ0) is 31.9. The molecule has 1 saturated carbocycles. The molecule has 4 rings (SSSR count). The highest BCUT2D eigenvalue weighted by Gasteiger charge is 2.35. The number of sulfonamides is 1. The van der Waals surface area contributed by atoms with Crippen LogP contribution in [0, 0.1) is 5.82 Å². The van der Waals surface area contributed by atoms with Gasteiger partial charge in [-0.3, -0.25) is 13.9 Å². The minimum atomic E-state index is -4.74. The molecule has 1 aliphatic rings. The molecule has 12 heteroatoms. The summed E-state index contributed by atoms with van der Waals surface area (Å²) in [5.41, 5.74) is -0.198. The Balaban J connectivity index is 1.73. The number of alkyl halides is 3. The first-order chi connectivity index (χ1) is 20.8. The standard InChI is InChI=1S/C32H35F4N3O4S/c1-44(42,43)39(28-14-8-11-25(20-28)32(34,35)36)22-30(40)38(21-24-15-17-26(33)18-16-24)29(19-23-9-4-2-5-10-23)31(41)37-27-12-6-3-7-13-27/h2,4-5,8-11,14-18,20,27,29H,3,6-7,12-13,19,21-22H2,1H3,(H,37,41)/t29-/m1/s1. The van der Waals surface area contributed by atoms with Crippen molar-refractivity contribution in [2.45, 2.75) is 63.3 Å². The number of nitrogens with one attached hydrogen (secondary N) is 1. The number of rotatable bonds is 11. The van der Waals surface area contributed by atoms with Crippen LogP contribution in [-0.2, 0) is 38.8 Å². The Hall–Kier alpha value is -3.93. The van der Waals surface area contributed by atoms with E-state index in [9.17, 15) is 35.6 Å². The number of hydrogen-bond donors (Lipinski definition) is 1. The first-order valence-corrected chi connectivity index (χ1v) is 16.2. The van der Waals surface area contributed by atoms with Gasteiger partial charge in [-0.15, -0.1) is 0 Å². The van der Waals surface area contributed by atoms with Gasteiger partial charge in [-0.2, -0.15) is 13.2 Å².